The second-order valence-corrected chi connectivity index (χ2v) is 3.37. The number of benzene rings is 1. The van der Waals surface area contributed by atoms with Crippen molar-refractivity contribution in [3.05, 3.63) is 29.8 Å². The molecule has 4 N–H and O–H groups in total. The normalized spacial score (nSPS) is 12.2. The quantitative estimate of drug-likeness (QED) is 0.662. The highest BCUT2D eigenvalue weighted by molar-refractivity contribution is 5.95. The highest BCUT2D eigenvalue weighted by Crippen LogP contribution is 2.14. The molecule has 0 radical (unpaired) electrons. The molecule has 0 fully saturated rings. The number of methoxy groups -OCH3 is 1. The fourth-order valence-electron chi connectivity index (χ4n) is 1.26. The largest absolute Gasteiger partial charge is 0.392 e. The van der Waals surface area contributed by atoms with Crippen LogP contribution in [0.3, 0.4) is 0 Å². The highest BCUT2D eigenvalue weighted by Gasteiger charge is 2.14. The van der Waals surface area contributed by atoms with Crippen molar-refractivity contribution >= 4 is 11.6 Å². The van der Waals surface area contributed by atoms with E-state index in [0.29, 0.717) is 11.3 Å². The van der Waals surface area contributed by atoms with Gasteiger partial charge in [-0.05, 0) is 6.07 Å². The van der Waals surface area contributed by atoms with Crippen LogP contribution in [0.4, 0.5) is 5.69 Å². The second kappa shape index (κ2) is 6.22. The minimum absolute atomic E-state index is 0.129. The van der Waals surface area contributed by atoms with E-state index >= 15 is 0 Å². The van der Waals surface area contributed by atoms with E-state index in [1.807, 2.05) is 0 Å². The highest BCUT2D eigenvalue weighted by atomic mass is 16.5. The van der Waals surface area contributed by atoms with Gasteiger partial charge in [-0.25, -0.2) is 0 Å². The van der Waals surface area contributed by atoms with Gasteiger partial charge in [-0.1, -0.05) is 18.2 Å². The monoisotopic (exact) mass is 224 g/mol. The minimum atomic E-state index is -0.711. The van der Waals surface area contributed by atoms with Crippen LogP contribution in [-0.4, -0.2) is 30.8 Å². The SMILES string of the molecule is COCC(N)C(=O)Nc1ccccc1CO. The Balaban J connectivity index is 2.69. The van der Waals surface area contributed by atoms with Crippen LogP contribution in [0.2, 0.25) is 0 Å². The number of rotatable bonds is 5. The van der Waals surface area contributed by atoms with Crippen molar-refractivity contribution in [2.45, 2.75) is 12.6 Å². The Labute approximate surface area is 94.2 Å². The number of hydrogen-bond donors (Lipinski definition) is 3. The van der Waals surface area contributed by atoms with Crippen molar-refractivity contribution in [1.29, 1.82) is 0 Å². The minimum Gasteiger partial charge on any atom is -0.392 e. The Kier molecular flexibility index (Phi) is 4.91. The molecule has 0 bridgehead atoms. The van der Waals surface area contributed by atoms with Crippen LogP contribution < -0.4 is 11.1 Å². The van der Waals surface area contributed by atoms with E-state index in [-0.39, 0.29) is 19.1 Å². The van der Waals surface area contributed by atoms with Crippen molar-refractivity contribution in [2.24, 2.45) is 5.73 Å². The first-order valence-electron chi connectivity index (χ1n) is 4.93. The number of nitrogens with two attached hydrogens (primary N) is 1. The number of hydrogen-bond acceptors (Lipinski definition) is 4. The van der Waals surface area contributed by atoms with Crippen molar-refractivity contribution in [3.63, 3.8) is 0 Å². The third-order valence-corrected chi connectivity index (χ3v) is 2.13. The van der Waals surface area contributed by atoms with Gasteiger partial charge in [0, 0.05) is 18.4 Å². The van der Waals surface area contributed by atoms with Crippen LogP contribution in [0.1, 0.15) is 5.56 Å². The van der Waals surface area contributed by atoms with E-state index < -0.39 is 6.04 Å². The Morgan fingerprint density at radius 2 is 2.25 bits per heavy atom. The lowest BCUT2D eigenvalue weighted by Gasteiger charge is -2.13. The summed E-state index contributed by atoms with van der Waals surface area (Å²) in [5.41, 5.74) is 6.79. The molecule has 1 rings (SSSR count). The molecule has 16 heavy (non-hydrogen) atoms. The number of carbonyl (C=O) groups is 1. The number of aliphatic hydroxyl groups excluding tert-OH is 1. The van der Waals surface area contributed by atoms with Crippen molar-refractivity contribution in [2.75, 3.05) is 19.0 Å². The fraction of sp³-hybridized carbons (Fsp3) is 0.364. The number of ether oxygens (including phenoxy) is 1. The molecule has 0 saturated heterocycles. The average Bonchev–Trinajstić information content (AvgIpc) is 2.30. The van der Waals surface area contributed by atoms with E-state index in [0.717, 1.165) is 0 Å². The van der Waals surface area contributed by atoms with Crippen LogP contribution in [0.25, 0.3) is 0 Å². The maximum absolute atomic E-state index is 11.6. The number of aliphatic hydroxyl groups is 1. The van der Waals surface area contributed by atoms with Gasteiger partial charge in [0.15, 0.2) is 0 Å². The summed E-state index contributed by atoms with van der Waals surface area (Å²) in [5.74, 6) is -0.331. The van der Waals surface area contributed by atoms with Crippen molar-refractivity contribution in [1.82, 2.24) is 0 Å². The first kappa shape index (κ1) is 12.6. The lowest BCUT2D eigenvalue weighted by Crippen LogP contribution is -2.39. The molecule has 1 atom stereocenters. The predicted octanol–water partition coefficient (Wildman–Crippen LogP) is 0.0911. The van der Waals surface area contributed by atoms with Gasteiger partial charge >= 0.3 is 0 Å². The summed E-state index contributed by atoms with van der Waals surface area (Å²) in [7, 11) is 1.48. The summed E-state index contributed by atoms with van der Waals surface area (Å²) in [6.07, 6.45) is 0. The maximum atomic E-state index is 11.6. The third kappa shape index (κ3) is 3.30. The molecule has 1 aromatic carbocycles. The van der Waals surface area contributed by atoms with Crippen LogP contribution in [0, 0.1) is 0 Å². The van der Waals surface area contributed by atoms with E-state index in [9.17, 15) is 4.79 Å². The molecule has 5 heteroatoms. The van der Waals surface area contributed by atoms with E-state index in [4.69, 9.17) is 15.6 Å². The summed E-state index contributed by atoms with van der Waals surface area (Å²) < 4.78 is 4.78. The van der Waals surface area contributed by atoms with E-state index in [1.165, 1.54) is 7.11 Å². The molecule has 1 amide bonds. The first-order valence-corrected chi connectivity index (χ1v) is 4.93. The average molecular weight is 224 g/mol. The first-order chi connectivity index (χ1) is 7.69. The maximum Gasteiger partial charge on any atom is 0.243 e. The summed E-state index contributed by atoms with van der Waals surface area (Å²) >= 11 is 0. The van der Waals surface area contributed by atoms with Gasteiger partial charge < -0.3 is 20.9 Å². The lowest BCUT2D eigenvalue weighted by molar-refractivity contribution is -0.118. The summed E-state index contributed by atoms with van der Waals surface area (Å²) in [6.45, 7) is 0.0308. The molecule has 1 unspecified atom stereocenters. The Hall–Kier alpha value is -1.43. The number of amides is 1. The van der Waals surface area contributed by atoms with Gasteiger partial charge in [0.25, 0.3) is 0 Å². The molecule has 0 aliphatic rings. The topological polar surface area (TPSA) is 84.6 Å². The van der Waals surface area contributed by atoms with E-state index in [2.05, 4.69) is 5.32 Å². The Morgan fingerprint density at radius 3 is 2.88 bits per heavy atom. The number of anilines is 1. The van der Waals surface area contributed by atoms with Gasteiger partial charge in [0.05, 0.1) is 13.2 Å². The van der Waals surface area contributed by atoms with Gasteiger partial charge in [0.1, 0.15) is 6.04 Å². The molecule has 88 valence electrons. The molecule has 0 spiro atoms. The van der Waals surface area contributed by atoms with Gasteiger partial charge in [0.2, 0.25) is 5.91 Å². The van der Waals surface area contributed by atoms with Gasteiger partial charge in [-0.2, -0.15) is 0 Å². The van der Waals surface area contributed by atoms with Crippen molar-refractivity contribution < 1.29 is 14.6 Å². The van der Waals surface area contributed by atoms with Crippen LogP contribution >= 0.6 is 0 Å². The van der Waals surface area contributed by atoms with Gasteiger partial charge in [-0.3, -0.25) is 4.79 Å². The number of para-hydroxylation sites is 1. The van der Waals surface area contributed by atoms with Crippen LogP contribution in [0.15, 0.2) is 24.3 Å². The zero-order valence-electron chi connectivity index (χ0n) is 9.14. The Bertz CT molecular complexity index is 355. The van der Waals surface area contributed by atoms with Gasteiger partial charge in [-0.15, -0.1) is 0 Å². The zero-order valence-corrected chi connectivity index (χ0v) is 9.14. The number of carbonyl (C=O) groups excluding carboxylic acids is 1. The molecule has 0 aliphatic heterocycles. The molecule has 5 nitrogen and oxygen atoms in total. The summed E-state index contributed by atoms with van der Waals surface area (Å²) in [6, 6.07) is 6.30. The Morgan fingerprint density at radius 1 is 1.56 bits per heavy atom. The predicted molar refractivity (Wildman–Crippen MR) is 60.8 cm³/mol. The molecular weight excluding hydrogens is 208 g/mol. The summed E-state index contributed by atoms with van der Waals surface area (Å²) in [5, 5.41) is 11.7. The molecule has 1 aromatic rings. The number of nitrogens with one attached hydrogen (secondary N) is 1. The smallest absolute Gasteiger partial charge is 0.243 e. The van der Waals surface area contributed by atoms with Crippen molar-refractivity contribution in [3.8, 4) is 0 Å². The molecular formula is C11H16N2O3. The molecule has 0 saturated carbocycles. The van der Waals surface area contributed by atoms with Crippen LogP contribution in [0.5, 0.6) is 0 Å². The molecule has 0 heterocycles. The zero-order chi connectivity index (χ0) is 12.0. The fourth-order valence-corrected chi connectivity index (χ4v) is 1.26. The second-order valence-electron chi connectivity index (χ2n) is 3.37. The lowest BCUT2D eigenvalue weighted by atomic mass is 10.2. The van der Waals surface area contributed by atoms with Crippen LogP contribution in [-0.2, 0) is 16.1 Å². The molecule has 0 aliphatic carbocycles. The third-order valence-electron chi connectivity index (χ3n) is 2.13. The molecule has 0 aromatic heterocycles. The standard InChI is InChI=1S/C11H16N2O3/c1-16-7-9(12)11(15)13-10-5-3-2-4-8(10)6-14/h2-5,9,14H,6-7,12H2,1H3,(H,13,15). The summed E-state index contributed by atoms with van der Waals surface area (Å²) in [4.78, 5) is 11.6. The van der Waals surface area contributed by atoms with E-state index in [1.54, 1.807) is 24.3 Å².